The Kier molecular flexibility index (Phi) is 34.3. The molecule has 2 nitrogen and oxygen atoms in total. The first-order chi connectivity index (χ1) is 20.2. The van der Waals surface area contributed by atoms with Gasteiger partial charge in [0, 0.05) is 5.54 Å². The third kappa shape index (κ3) is 29.8. The lowest BCUT2D eigenvalue weighted by Gasteiger charge is -2.32. The highest BCUT2D eigenvalue weighted by Crippen LogP contribution is 2.26. The normalized spacial score (nSPS) is 12.0. The molecule has 0 spiro atoms. The predicted octanol–water partition coefficient (Wildman–Crippen LogP) is 13.9. The lowest BCUT2D eigenvalue weighted by molar-refractivity contribution is 0.255. The molecule has 0 aliphatic heterocycles. The van der Waals surface area contributed by atoms with Gasteiger partial charge in [-0.2, -0.15) is 0 Å². The zero-order valence-corrected chi connectivity index (χ0v) is 29.3. The number of unbranched alkanes of at least 4 members (excludes halogenated alkanes) is 30. The monoisotopic (exact) mass is 579 g/mol. The van der Waals surface area contributed by atoms with Crippen LogP contribution in [0, 0.1) is 0 Å². The summed E-state index contributed by atoms with van der Waals surface area (Å²) in [5.74, 6) is 6.10. The fraction of sp³-hybridized carbons (Fsp3) is 1.00. The van der Waals surface area contributed by atoms with Crippen molar-refractivity contribution in [1.82, 2.24) is 5.43 Å². The van der Waals surface area contributed by atoms with Crippen LogP contribution < -0.4 is 11.3 Å². The standard InChI is InChI=1S/C39H82N2/c1-4-7-9-11-13-15-17-19-21-23-25-27-29-31-33-35-37-39(6-3,41-40)38-36-34-32-30-28-26-24-22-20-18-16-14-12-10-8-5-2/h41H,4-38,40H2,1-3H3. The van der Waals surface area contributed by atoms with Gasteiger partial charge in [-0.1, -0.05) is 226 Å². The molecular weight excluding hydrogens is 496 g/mol. The van der Waals surface area contributed by atoms with Crippen molar-refractivity contribution in [2.75, 3.05) is 0 Å². The minimum Gasteiger partial charge on any atom is -0.271 e. The van der Waals surface area contributed by atoms with Gasteiger partial charge in [-0.05, 0) is 19.3 Å². The zero-order valence-electron chi connectivity index (χ0n) is 29.3. The molecule has 0 aliphatic rings. The van der Waals surface area contributed by atoms with Crippen molar-refractivity contribution in [3.8, 4) is 0 Å². The summed E-state index contributed by atoms with van der Waals surface area (Å²) in [4.78, 5) is 0. The van der Waals surface area contributed by atoms with Crippen molar-refractivity contribution in [2.45, 2.75) is 251 Å². The van der Waals surface area contributed by atoms with Gasteiger partial charge in [0.05, 0.1) is 0 Å². The third-order valence-electron chi connectivity index (χ3n) is 10.0. The Bertz CT molecular complexity index is 420. The van der Waals surface area contributed by atoms with Crippen molar-refractivity contribution >= 4 is 0 Å². The summed E-state index contributed by atoms with van der Waals surface area (Å²) in [6.45, 7) is 6.94. The summed E-state index contributed by atoms with van der Waals surface area (Å²) in [6, 6.07) is 0. The van der Waals surface area contributed by atoms with Gasteiger partial charge in [0.1, 0.15) is 0 Å². The lowest BCUT2D eigenvalue weighted by Crippen LogP contribution is -2.48. The second-order valence-corrected chi connectivity index (χ2v) is 13.9. The number of nitrogens with one attached hydrogen (secondary N) is 1. The molecular formula is C39H82N2. The molecule has 0 aromatic heterocycles. The Morgan fingerprint density at radius 3 is 0.683 bits per heavy atom. The third-order valence-corrected chi connectivity index (χ3v) is 10.0. The molecule has 248 valence electrons. The Balaban J connectivity index is 3.50. The van der Waals surface area contributed by atoms with Crippen LogP contribution in [0.4, 0.5) is 0 Å². The van der Waals surface area contributed by atoms with E-state index in [1.54, 1.807) is 0 Å². The van der Waals surface area contributed by atoms with Crippen LogP contribution in [0.2, 0.25) is 0 Å². The van der Waals surface area contributed by atoms with Crippen LogP contribution in [-0.2, 0) is 0 Å². The first-order valence-electron chi connectivity index (χ1n) is 19.7. The van der Waals surface area contributed by atoms with Crippen LogP contribution in [0.15, 0.2) is 0 Å². The molecule has 0 bridgehead atoms. The van der Waals surface area contributed by atoms with E-state index in [-0.39, 0.29) is 5.54 Å². The molecule has 0 atom stereocenters. The van der Waals surface area contributed by atoms with Crippen molar-refractivity contribution in [3.63, 3.8) is 0 Å². The first-order valence-corrected chi connectivity index (χ1v) is 19.7. The molecule has 0 rings (SSSR count). The largest absolute Gasteiger partial charge is 0.271 e. The van der Waals surface area contributed by atoms with Crippen molar-refractivity contribution < 1.29 is 0 Å². The highest BCUT2D eigenvalue weighted by molar-refractivity contribution is 4.84. The predicted molar refractivity (Wildman–Crippen MR) is 189 cm³/mol. The van der Waals surface area contributed by atoms with Crippen LogP contribution in [0.1, 0.15) is 245 Å². The van der Waals surface area contributed by atoms with Gasteiger partial charge in [0.15, 0.2) is 0 Å². The summed E-state index contributed by atoms with van der Waals surface area (Å²) in [6.07, 6.45) is 49.8. The van der Waals surface area contributed by atoms with Crippen LogP contribution >= 0.6 is 0 Å². The van der Waals surface area contributed by atoms with Gasteiger partial charge >= 0.3 is 0 Å². The number of hydrogen-bond donors (Lipinski definition) is 2. The summed E-state index contributed by atoms with van der Waals surface area (Å²) in [7, 11) is 0. The topological polar surface area (TPSA) is 38.0 Å². The minimum atomic E-state index is 0.187. The maximum atomic E-state index is 6.10. The van der Waals surface area contributed by atoms with Gasteiger partial charge in [0.2, 0.25) is 0 Å². The van der Waals surface area contributed by atoms with E-state index in [0.717, 1.165) is 0 Å². The van der Waals surface area contributed by atoms with Crippen molar-refractivity contribution in [3.05, 3.63) is 0 Å². The van der Waals surface area contributed by atoms with Gasteiger partial charge < -0.3 is 0 Å². The maximum Gasteiger partial charge on any atom is 0.0318 e. The Morgan fingerprint density at radius 2 is 0.512 bits per heavy atom. The average molecular weight is 579 g/mol. The molecule has 41 heavy (non-hydrogen) atoms. The Hall–Kier alpha value is -0.0800. The minimum absolute atomic E-state index is 0.187. The fourth-order valence-corrected chi connectivity index (χ4v) is 6.75. The quantitative estimate of drug-likeness (QED) is 0.0441. The van der Waals surface area contributed by atoms with E-state index in [0.29, 0.717) is 0 Å². The fourth-order valence-electron chi connectivity index (χ4n) is 6.75. The Morgan fingerprint density at radius 1 is 0.317 bits per heavy atom. The summed E-state index contributed by atoms with van der Waals surface area (Å²) in [5.41, 5.74) is 3.46. The second-order valence-electron chi connectivity index (χ2n) is 13.9. The van der Waals surface area contributed by atoms with Gasteiger partial charge in [0.25, 0.3) is 0 Å². The first kappa shape index (κ1) is 40.9. The summed E-state index contributed by atoms with van der Waals surface area (Å²) >= 11 is 0. The van der Waals surface area contributed by atoms with E-state index >= 15 is 0 Å². The average Bonchev–Trinajstić information content (AvgIpc) is 2.99. The number of nitrogens with two attached hydrogens (primary N) is 1. The molecule has 0 aliphatic carbocycles. The van der Waals surface area contributed by atoms with Crippen molar-refractivity contribution in [1.29, 1.82) is 0 Å². The molecule has 0 radical (unpaired) electrons. The van der Waals surface area contributed by atoms with Gasteiger partial charge in [-0.3, -0.25) is 11.3 Å². The van der Waals surface area contributed by atoms with Crippen LogP contribution in [-0.4, -0.2) is 5.54 Å². The van der Waals surface area contributed by atoms with E-state index in [1.165, 1.54) is 225 Å². The second kappa shape index (κ2) is 34.4. The molecule has 0 aromatic carbocycles. The van der Waals surface area contributed by atoms with Crippen LogP contribution in [0.25, 0.3) is 0 Å². The van der Waals surface area contributed by atoms with E-state index in [1.807, 2.05) is 0 Å². The van der Waals surface area contributed by atoms with Crippen LogP contribution in [0.3, 0.4) is 0 Å². The highest BCUT2D eigenvalue weighted by Gasteiger charge is 2.25. The van der Waals surface area contributed by atoms with E-state index in [4.69, 9.17) is 5.84 Å². The molecule has 0 heterocycles. The number of hydrogen-bond acceptors (Lipinski definition) is 2. The van der Waals surface area contributed by atoms with Crippen molar-refractivity contribution in [2.24, 2.45) is 5.84 Å². The molecule has 3 N–H and O–H groups in total. The molecule has 0 saturated heterocycles. The lowest BCUT2D eigenvalue weighted by atomic mass is 9.84. The van der Waals surface area contributed by atoms with E-state index in [9.17, 15) is 0 Å². The van der Waals surface area contributed by atoms with Gasteiger partial charge in [-0.15, -0.1) is 0 Å². The van der Waals surface area contributed by atoms with E-state index in [2.05, 4.69) is 26.2 Å². The molecule has 2 heteroatoms. The number of rotatable bonds is 36. The smallest absolute Gasteiger partial charge is 0.0318 e. The SMILES string of the molecule is CCCCCCCCCCCCCCCCCCC(CC)(CCCCCCCCCCCCCCCCCC)NN. The Labute approximate surface area is 261 Å². The maximum absolute atomic E-state index is 6.10. The molecule has 0 saturated carbocycles. The van der Waals surface area contributed by atoms with E-state index < -0.39 is 0 Å². The molecule has 0 fully saturated rings. The summed E-state index contributed by atoms with van der Waals surface area (Å²) in [5, 5.41) is 0. The van der Waals surface area contributed by atoms with Gasteiger partial charge in [-0.25, -0.2) is 0 Å². The zero-order chi connectivity index (χ0) is 30.0. The molecule has 0 unspecified atom stereocenters. The molecule has 0 amide bonds. The highest BCUT2D eigenvalue weighted by atomic mass is 15.3. The molecule has 0 aromatic rings. The number of hydrazine groups is 1. The summed E-state index contributed by atoms with van der Waals surface area (Å²) < 4.78 is 0. The van der Waals surface area contributed by atoms with Crippen LogP contribution in [0.5, 0.6) is 0 Å².